The Morgan fingerprint density at radius 2 is 1.78 bits per heavy atom. The zero-order valence-corrected chi connectivity index (χ0v) is 17.7. The van der Waals surface area contributed by atoms with E-state index in [9.17, 15) is 22.6 Å². The summed E-state index contributed by atoms with van der Waals surface area (Å²) in [5.74, 6) is -1.13. The number of aromatic nitrogens is 5. The Bertz CT molecular complexity index is 1540. The van der Waals surface area contributed by atoms with Crippen molar-refractivity contribution >= 4 is 38.7 Å². The minimum absolute atomic E-state index is 0.0210. The number of carbonyl (C=O) groups is 2. The van der Waals surface area contributed by atoms with E-state index in [2.05, 4.69) is 15.0 Å². The summed E-state index contributed by atoms with van der Waals surface area (Å²) in [6.07, 6.45) is 3.90. The van der Waals surface area contributed by atoms with Crippen LogP contribution in [-0.4, -0.2) is 48.7 Å². The van der Waals surface area contributed by atoms with Crippen molar-refractivity contribution in [3.8, 4) is 11.4 Å². The van der Waals surface area contributed by atoms with Gasteiger partial charge in [-0.2, -0.15) is 8.42 Å². The van der Waals surface area contributed by atoms with Crippen molar-refractivity contribution in [2.75, 3.05) is 5.73 Å². The third-order valence-corrected chi connectivity index (χ3v) is 5.66. The van der Waals surface area contributed by atoms with E-state index >= 15 is 0 Å². The number of amides is 1. The summed E-state index contributed by atoms with van der Waals surface area (Å²) in [6.45, 7) is 0. The number of hydrogen-bond acceptors (Lipinski definition) is 8. The van der Waals surface area contributed by atoms with Crippen molar-refractivity contribution in [1.29, 1.82) is 0 Å². The van der Waals surface area contributed by atoms with E-state index in [0.29, 0.717) is 11.0 Å². The first kappa shape index (κ1) is 21.1. The van der Waals surface area contributed by atoms with Crippen LogP contribution in [0.4, 0.5) is 5.82 Å². The number of aryl methyl sites for hydroxylation is 2. The number of ketones is 1. The van der Waals surface area contributed by atoms with Gasteiger partial charge in [0.05, 0.1) is 10.9 Å². The summed E-state index contributed by atoms with van der Waals surface area (Å²) in [5, 5.41) is -0.260. The van der Waals surface area contributed by atoms with Gasteiger partial charge in [0.25, 0.3) is 0 Å². The fourth-order valence-electron chi connectivity index (χ4n) is 3.45. The van der Waals surface area contributed by atoms with E-state index in [1.165, 1.54) is 42.3 Å². The van der Waals surface area contributed by atoms with Crippen LogP contribution in [0.15, 0.2) is 41.9 Å². The number of fused-ring (bicyclic) bond motifs is 1. The van der Waals surface area contributed by atoms with Gasteiger partial charge >= 0.3 is 10.1 Å². The van der Waals surface area contributed by atoms with Gasteiger partial charge in [0.2, 0.25) is 10.9 Å². The van der Waals surface area contributed by atoms with Gasteiger partial charge in [-0.1, -0.05) is 0 Å². The second-order valence-corrected chi connectivity index (χ2v) is 8.42. The number of benzene rings is 1. The molecule has 13 heteroatoms. The first-order chi connectivity index (χ1) is 15.0. The largest absolute Gasteiger partial charge is 0.383 e. The van der Waals surface area contributed by atoms with Gasteiger partial charge in [0.1, 0.15) is 23.6 Å². The molecule has 0 spiro atoms. The van der Waals surface area contributed by atoms with Crippen molar-refractivity contribution in [3.05, 3.63) is 53.6 Å². The van der Waals surface area contributed by atoms with Gasteiger partial charge in [-0.05, 0) is 18.2 Å². The zero-order chi connectivity index (χ0) is 23.4. The standard InChI is InChI=1S/C19H17N7O5S/c1-25-6-12(14-16(20)22-8-23-19(14)25)15(27)11-5-9(17(21)28)3-4-10(11)18-24-13(7-26(18)2)32(29,30)31/h3-8H,1-2H3,(H2,21,28)(H2,20,22,23)(H,29,30,31). The summed E-state index contributed by atoms with van der Waals surface area (Å²) < 4.78 is 35.3. The zero-order valence-electron chi connectivity index (χ0n) is 16.8. The van der Waals surface area contributed by atoms with Crippen LogP contribution < -0.4 is 11.5 Å². The summed E-state index contributed by atoms with van der Waals surface area (Å²) >= 11 is 0. The molecule has 0 saturated heterocycles. The van der Waals surface area contributed by atoms with Crippen LogP contribution in [0, 0.1) is 0 Å². The van der Waals surface area contributed by atoms with Crippen LogP contribution in [0.2, 0.25) is 0 Å². The second-order valence-electron chi connectivity index (χ2n) is 7.05. The number of nitrogens with two attached hydrogens (primary N) is 2. The molecule has 4 rings (SSSR count). The van der Waals surface area contributed by atoms with E-state index in [-0.39, 0.29) is 33.9 Å². The van der Waals surface area contributed by atoms with Gasteiger partial charge in [0.15, 0.2) is 5.78 Å². The highest BCUT2D eigenvalue weighted by Crippen LogP contribution is 2.31. The third kappa shape index (κ3) is 3.38. The average Bonchev–Trinajstić information content (AvgIpc) is 3.28. The lowest BCUT2D eigenvalue weighted by Crippen LogP contribution is -2.13. The van der Waals surface area contributed by atoms with Crippen molar-refractivity contribution in [1.82, 2.24) is 24.1 Å². The Balaban J connectivity index is 1.99. The molecule has 1 amide bonds. The predicted octanol–water partition coefficient (Wildman–Crippen LogP) is 0.528. The molecule has 12 nitrogen and oxygen atoms in total. The second kappa shape index (κ2) is 7.25. The summed E-state index contributed by atoms with van der Waals surface area (Å²) in [6, 6.07) is 4.10. The molecular formula is C19H17N7O5S. The van der Waals surface area contributed by atoms with Crippen LogP contribution in [0.1, 0.15) is 26.3 Å². The molecule has 0 aliphatic rings. The SMILES string of the molecule is Cn1cc(S(=O)(=O)O)nc1-c1ccc(C(N)=O)cc1C(=O)c1cn(C)c2ncnc(N)c12. The van der Waals surface area contributed by atoms with E-state index in [1.54, 1.807) is 11.6 Å². The summed E-state index contributed by atoms with van der Waals surface area (Å²) in [5.41, 5.74) is 12.3. The maximum atomic E-state index is 13.6. The van der Waals surface area contributed by atoms with Gasteiger partial charge < -0.3 is 20.6 Å². The highest BCUT2D eigenvalue weighted by molar-refractivity contribution is 7.85. The van der Waals surface area contributed by atoms with E-state index in [0.717, 1.165) is 6.20 Å². The maximum absolute atomic E-state index is 13.6. The van der Waals surface area contributed by atoms with Gasteiger partial charge in [-0.3, -0.25) is 14.1 Å². The number of nitrogens with zero attached hydrogens (tertiary/aromatic N) is 5. The number of carbonyl (C=O) groups excluding carboxylic acids is 2. The lowest BCUT2D eigenvalue weighted by molar-refractivity contribution is 0.1000. The molecule has 0 aliphatic carbocycles. The molecule has 0 atom stereocenters. The van der Waals surface area contributed by atoms with E-state index < -0.39 is 26.8 Å². The lowest BCUT2D eigenvalue weighted by Gasteiger charge is -2.10. The quantitative estimate of drug-likeness (QED) is 0.284. The predicted molar refractivity (Wildman–Crippen MR) is 113 cm³/mol. The molecule has 3 aromatic heterocycles. The monoisotopic (exact) mass is 455 g/mol. The van der Waals surface area contributed by atoms with Crippen molar-refractivity contribution < 1.29 is 22.6 Å². The van der Waals surface area contributed by atoms with Crippen LogP contribution in [0.3, 0.4) is 0 Å². The van der Waals surface area contributed by atoms with E-state index in [1.807, 2.05) is 0 Å². The molecule has 164 valence electrons. The highest BCUT2D eigenvalue weighted by Gasteiger charge is 2.25. The number of hydrogen-bond donors (Lipinski definition) is 3. The Morgan fingerprint density at radius 3 is 2.41 bits per heavy atom. The molecule has 0 radical (unpaired) electrons. The molecule has 1 aromatic carbocycles. The smallest absolute Gasteiger partial charge is 0.313 e. The molecule has 0 unspecified atom stereocenters. The summed E-state index contributed by atoms with van der Waals surface area (Å²) in [4.78, 5) is 37.4. The van der Waals surface area contributed by atoms with Crippen molar-refractivity contribution in [2.24, 2.45) is 19.8 Å². The maximum Gasteiger partial charge on any atom is 0.313 e. The Hall–Kier alpha value is -4.10. The van der Waals surface area contributed by atoms with Gasteiger partial charge in [-0.25, -0.2) is 15.0 Å². The molecule has 0 aliphatic heterocycles. The average molecular weight is 455 g/mol. The lowest BCUT2D eigenvalue weighted by atomic mass is 9.95. The molecule has 5 N–H and O–H groups in total. The molecule has 0 bridgehead atoms. The first-order valence-corrected chi connectivity index (χ1v) is 10.5. The molecular weight excluding hydrogens is 438 g/mol. The van der Waals surface area contributed by atoms with Crippen LogP contribution in [0.25, 0.3) is 22.4 Å². The number of imidazole rings is 1. The van der Waals surface area contributed by atoms with Crippen LogP contribution in [-0.2, 0) is 24.2 Å². The Morgan fingerprint density at radius 1 is 1.06 bits per heavy atom. The topological polar surface area (TPSA) is 189 Å². The fourth-order valence-corrected chi connectivity index (χ4v) is 3.94. The minimum atomic E-state index is -4.58. The summed E-state index contributed by atoms with van der Waals surface area (Å²) in [7, 11) is -1.40. The van der Waals surface area contributed by atoms with Crippen LogP contribution >= 0.6 is 0 Å². The Labute approximate surface area is 181 Å². The number of primary amides is 1. The number of anilines is 1. The molecule has 0 fully saturated rings. The van der Waals surface area contributed by atoms with Gasteiger partial charge in [0, 0.05) is 43.2 Å². The third-order valence-electron chi connectivity index (χ3n) is 4.94. The molecule has 4 aromatic rings. The van der Waals surface area contributed by atoms with Gasteiger partial charge in [-0.15, -0.1) is 0 Å². The minimum Gasteiger partial charge on any atom is -0.383 e. The van der Waals surface area contributed by atoms with Crippen LogP contribution in [0.5, 0.6) is 0 Å². The number of nitrogen functional groups attached to an aromatic ring is 1. The molecule has 0 saturated carbocycles. The molecule has 32 heavy (non-hydrogen) atoms. The normalized spacial score (nSPS) is 11.7. The first-order valence-electron chi connectivity index (χ1n) is 9.04. The number of rotatable bonds is 5. The highest BCUT2D eigenvalue weighted by atomic mass is 32.2. The van der Waals surface area contributed by atoms with Crippen molar-refractivity contribution in [3.63, 3.8) is 0 Å². The Kier molecular flexibility index (Phi) is 4.79. The molecule has 3 heterocycles. The fraction of sp³-hybridized carbons (Fsp3) is 0.105. The van der Waals surface area contributed by atoms with E-state index in [4.69, 9.17) is 11.5 Å². The van der Waals surface area contributed by atoms with Crippen molar-refractivity contribution in [2.45, 2.75) is 5.03 Å².